The van der Waals surface area contributed by atoms with Crippen LogP contribution in [0, 0.1) is 5.92 Å². The summed E-state index contributed by atoms with van der Waals surface area (Å²) in [6.07, 6.45) is 24.5. The molecule has 1 aromatic rings. The number of unbranched alkanes of at least 4 members (excludes halogenated alkanes) is 14. The van der Waals surface area contributed by atoms with Crippen molar-refractivity contribution in [3.63, 3.8) is 0 Å². The molecule has 0 saturated carbocycles. The summed E-state index contributed by atoms with van der Waals surface area (Å²) >= 11 is 0. The first-order valence-corrected chi connectivity index (χ1v) is 13.9. The molecule has 0 N–H and O–H groups in total. The third kappa shape index (κ3) is 18.5. The Balaban J connectivity index is 1.80. The Kier molecular flexibility index (Phi) is 17.0. The molecule has 0 unspecified atom stereocenters. The van der Waals surface area contributed by atoms with Crippen LogP contribution in [0.5, 0.6) is 0 Å². The Hall–Kier alpha value is -0.820. The van der Waals surface area contributed by atoms with Crippen molar-refractivity contribution in [2.45, 2.75) is 123 Å². The molecule has 1 rings (SSSR count). The average Bonchev–Trinajstić information content (AvgIpc) is 2.75. The van der Waals surface area contributed by atoms with Crippen LogP contribution >= 0.6 is 0 Å². The van der Waals surface area contributed by atoms with E-state index in [1.165, 1.54) is 128 Å². The lowest BCUT2D eigenvalue weighted by molar-refractivity contribution is -0.890. The maximum absolute atomic E-state index is 2.40. The van der Waals surface area contributed by atoms with Gasteiger partial charge in [0.05, 0.1) is 27.2 Å². The van der Waals surface area contributed by atoms with E-state index in [0.717, 1.165) is 10.4 Å². The first-order valence-electron chi connectivity index (χ1n) is 13.9. The lowest BCUT2D eigenvalue weighted by Gasteiger charge is -2.30. The van der Waals surface area contributed by atoms with Gasteiger partial charge in [0.25, 0.3) is 0 Å². The molecule has 0 aliphatic heterocycles. The minimum atomic E-state index is 0.890. The molecule has 180 valence electrons. The summed E-state index contributed by atoms with van der Waals surface area (Å²) in [5, 5.41) is 0. The van der Waals surface area contributed by atoms with Crippen LogP contribution in [0.3, 0.4) is 0 Å². The maximum Gasteiger partial charge on any atom is 0.0823 e. The van der Waals surface area contributed by atoms with E-state index in [1.807, 2.05) is 0 Å². The van der Waals surface area contributed by atoms with Crippen LogP contribution in [0.1, 0.15) is 122 Å². The summed E-state index contributed by atoms with van der Waals surface area (Å²) in [7, 11) is 4.80. The minimum Gasteiger partial charge on any atom is -0.328 e. The molecule has 0 spiro atoms. The standard InChI is InChI=1S/C30H56N/c1-29(2)23-19-16-14-12-10-8-6-5-7-9-11-13-15-17-22-27-31(3,4)28-26-30-24-20-18-21-25-30/h18,20-21,24-25,29H,5-17,19,22-23,26-28H2,1-4H3/q+1. The Morgan fingerprint density at radius 3 is 1.42 bits per heavy atom. The Morgan fingerprint density at radius 2 is 0.968 bits per heavy atom. The van der Waals surface area contributed by atoms with Crippen LogP contribution in [0.2, 0.25) is 0 Å². The number of hydrogen-bond donors (Lipinski definition) is 0. The third-order valence-corrected chi connectivity index (χ3v) is 6.89. The van der Waals surface area contributed by atoms with Crippen LogP contribution in [-0.4, -0.2) is 31.7 Å². The normalized spacial score (nSPS) is 12.0. The number of hydrogen-bond acceptors (Lipinski definition) is 0. The van der Waals surface area contributed by atoms with Gasteiger partial charge in [0.2, 0.25) is 0 Å². The quantitative estimate of drug-likeness (QED) is 0.135. The van der Waals surface area contributed by atoms with Gasteiger partial charge in [0, 0.05) is 6.42 Å². The maximum atomic E-state index is 2.40. The highest BCUT2D eigenvalue weighted by Gasteiger charge is 2.14. The van der Waals surface area contributed by atoms with Gasteiger partial charge < -0.3 is 4.48 Å². The minimum absolute atomic E-state index is 0.890. The van der Waals surface area contributed by atoms with Crippen molar-refractivity contribution in [3.05, 3.63) is 35.9 Å². The topological polar surface area (TPSA) is 0 Å². The zero-order valence-electron chi connectivity index (χ0n) is 21.8. The fourth-order valence-electron chi connectivity index (χ4n) is 4.58. The molecular formula is C30H56N+. The fourth-order valence-corrected chi connectivity index (χ4v) is 4.58. The first kappa shape index (κ1) is 28.2. The van der Waals surface area contributed by atoms with Crippen molar-refractivity contribution in [2.75, 3.05) is 27.2 Å². The molecule has 0 aromatic heterocycles. The van der Waals surface area contributed by atoms with E-state index in [0.29, 0.717) is 0 Å². The molecule has 1 aromatic carbocycles. The van der Waals surface area contributed by atoms with Crippen LogP contribution in [0.25, 0.3) is 0 Å². The Morgan fingerprint density at radius 1 is 0.548 bits per heavy atom. The fraction of sp³-hybridized carbons (Fsp3) is 0.800. The van der Waals surface area contributed by atoms with Crippen molar-refractivity contribution in [1.29, 1.82) is 0 Å². The van der Waals surface area contributed by atoms with Gasteiger partial charge in [-0.15, -0.1) is 0 Å². The monoisotopic (exact) mass is 430 g/mol. The Bertz CT molecular complexity index is 490. The smallest absolute Gasteiger partial charge is 0.0823 e. The molecule has 0 bridgehead atoms. The molecule has 1 nitrogen and oxygen atoms in total. The average molecular weight is 431 g/mol. The van der Waals surface area contributed by atoms with Crippen molar-refractivity contribution in [3.8, 4) is 0 Å². The molecule has 0 amide bonds. The summed E-state index contributed by atoms with van der Waals surface area (Å²) in [6.45, 7) is 7.26. The predicted octanol–water partition coefficient (Wildman–Crippen LogP) is 9.20. The highest BCUT2D eigenvalue weighted by molar-refractivity contribution is 5.14. The van der Waals surface area contributed by atoms with Crippen LogP contribution in [-0.2, 0) is 6.42 Å². The van der Waals surface area contributed by atoms with Crippen molar-refractivity contribution >= 4 is 0 Å². The van der Waals surface area contributed by atoms with Crippen molar-refractivity contribution in [2.24, 2.45) is 5.92 Å². The number of quaternary nitrogens is 1. The van der Waals surface area contributed by atoms with Gasteiger partial charge in [0.1, 0.15) is 0 Å². The van der Waals surface area contributed by atoms with Crippen molar-refractivity contribution in [1.82, 2.24) is 0 Å². The van der Waals surface area contributed by atoms with Crippen molar-refractivity contribution < 1.29 is 4.48 Å². The largest absolute Gasteiger partial charge is 0.328 e. The summed E-state index contributed by atoms with van der Waals surface area (Å²) < 4.78 is 1.16. The number of nitrogens with zero attached hydrogens (tertiary/aromatic N) is 1. The van der Waals surface area contributed by atoms with E-state index in [9.17, 15) is 0 Å². The first-order chi connectivity index (χ1) is 15.0. The molecule has 0 heterocycles. The summed E-state index contributed by atoms with van der Waals surface area (Å²) in [5.74, 6) is 0.890. The van der Waals surface area contributed by atoms with Gasteiger partial charge in [-0.25, -0.2) is 0 Å². The molecule has 0 radical (unpaired) electrons. The summed E-state index contributed by atoms with van der Waals surface area (Å²) in [4.78, 5) is 0. The second kappa shape index (κ2) is 18.7. The highest BCUT2D eigenvalue weighted by Crippen LogP contribution is 2.15. The van der Waals surface area contributed by atoms with Gasteiger partial charge in [-0.05, 0) is 24.3 Å². The second-order valence-electron chi connectivity index (χ2n) is 11.1. The van der Waals surface area contributed by atoms with E-state index in [1.54, 1.807) is 0 Å². The highest BCUT2D eigenvalue weighted by atomic mass is 15.3. The van der Waals surface area contributed by atoms with E-state index in [-0.39, 0.29) is 0 Å². The van der Waals surface area contributed by atoms with Crippen LogP contribution in [0.4, 0.5) is 0 Å². The van der Waals surface area contributed by atoms with Crippen LogP contribution < -0.4 is 0 Å². The molecular weight excluding hydrogens is 374 g/mol. The molecule has 0 aliphatic rings. The zero-order chi connectivity index (χ0) is 22.6. The molecule has 0 atom stereocenters. The predicted molar refractivity (Wildman–Crippen MR) is 141 cm³/mol. The van der Waals surface area contributed by atoms with E-state index in [2.05, 4.69) is 58.3 Å². The third-order valence-electron chi connectivity index (χ3n) is 6.89. The zero-order valence-corrected chi connectivity index (χ0v) is 21.8. The molecule has 0 fully saturated rings. The lowest BCUT2D eigenvalue weighted by atomic mass is 10.0. The van der Waals surface area contributed by atoms with Crippen LogP contribution in [0.15, 0.2) is 30.3 Å². The molecule has 0 saturated heterocycles. The summed E-state index contributed by atoms with van der Waals surface area (Å²) in [6, 6.07) is 10.9. The Labute approximate surface area is 196 Å². The van der Waals surface area contributed by atoms with E-state index in [4.69, 9.17) is 0 Å². The lowest BCUT2D eigenvalue weighted by Crippen LogP contribution is -2.42. The number of likely N-dealkylation sites (N-methyl/N-ethyl adjacent to an activating group) is 1. The van der Waals surface area contributed by atoms with Gasteiger partial charge >= 0.3 is 0 Å². The SMILES string of the molecule is CC(C)CCCCCCCCCCCCCCCCC[N+](C)(C)CCc1ccccc1. The number of rotatable bonds is 21. The van der Waals surface area contributed by atoms with Gasteiger partial charge in [-0.3, -0.25) is 0 Å². The summed E-state index contributed by atoms with van der Waals surface area (Å²) in [5.41, 5.74) is 1.48. The van der Waals surface area contributed by atoms with Gasteiger partial charge in [-0.1, -0.05) is 134 Å². The second-order valence-corrected chi connectivity index (χ2v) is 11.1. The van der Waals surface area contributed by atoms with Gasteiger partial charge in [-0.2, -0.15) is 0 Å². The molecule has 0 aliphatic carbocycles. The van der Waals surface area contributed by atoms with E-state index < -0.39 is 0 Å². The number of benzene rings is 1. The van der Waals surface area contributed by atoms with E-state index >= 15 is 0 Å². The molecule has 1 heteroatoms. The molecule has 31 heavy (non-hydrogen) atoms. The van der Waals surface area contributed by atoms with Gasteiger partial charge in [0.15, 0.2) is 0 Å².